The van der Waals surface area contributed by atoms with Crippen molar-refractivity contribution in [2.45, 2.75) is 65.8 Å². The van der Waals surface area contributed by atoms with Crippen LogP contribution in [0.1, 0.15) is 59.8 Å². The van der Waals surface area contributed by atoms with Crippen LogP contribution in [-0.2, 0) is 14.2 Å². The van der Waals surface area contributed by atoms with Gasteiger partial charge in [-0.05, 0) is 11.8 Å². The van der Waals surface area contributed by atoms with Crippen molar-refractivity contribution in [3.63, 3.8) is 0 Å². The molecule has 0 saturated carbocycles. The van der Waals surface area contributed by atoms with Crippen LogP contribution >= 0.6 is 0 Å². The Morgan fingerprint density at radius 2 is 1.44 bits per heavy atom. The SMILES string of the molecule is CCCCCCC12OCC(C(C)(C)C)(CO1)CO2. The Hall–Kier alpha value is -0.120. The molecule has 0 amide bonds. The van der Waals surface area contributed by atoms with E-state index in [0.717, 1.165) is 32.7 Å². The van der Waals surface area contributed by atoms with Crippen LogP contribution in [0.4, 0.5) is 0 Å². The quantitative estimate of drug-likeness (QED) is 0.702. The van der Waals surface area contributed by atoms with Crippen LogP contribution in [0.5, 0.6) is 0 Å². The normalized spacial score (nSPS) is 36.0. The molecule has 3 aliphatic heterocycles. The lowest BCUT2D eigenvalue weighted by Crippen LogP contribution is -2.64. The van der Waals surface area contributed by atoms with Gasteiger partial charge in [0.25, 0.3) is 5.97 Å². The first kappa shape index (κ1) is 14.3. The standard InChI is InChI=1S/C15H28O3/c1-5-6-7-8-9-15-16-10-14(11-17-15,12-18-15)13(2,3)4/h5-12H2,1-4H3. The molecule has 0 aromatic rings. The second-order valence-corrected chi connectivity index (χ2v) is 6.89. The molecule has 3 rings (SSSR count). The van der Waals surface area contributed by atoms with Gasteiger partial charge in [-0.2, -0.15) is 0 Å². The Balaban J connectivity index is 1.87. The third kappa shape index (κ3) is 2.59. The summed E-state index contributed by atoms with van der Waals surface area (Å²) in [6.45, 7) is 11.2. The molecule has 0 aliphatic carbocycles. The monoisotopic (exact) mass is 256 g/mol. The molecule has 0 aromatic heterocycles. The summed E-state index contributed by atoms with van der Waals surface area (Å²) >= 11 is 0. The maximum atomic E-state index is 5.93. The molecule has 106 valence electrons. The molecule has 0 atom stereocenters. The lowest BCUT2D eigenvalue weighted by atomic mass is 9.67. The predicted octanol–water partition coefficient (Wildman–Crippen LogP) is 3.72. The van der Waals surface area contributed by atoms with Crippen LogP contribution in [-0.4, -0.2) is 25.8 Å². The van der Waals surface area contributed by atoms with Crippen LogP contribution in [0.3, 0.4) is 0 Å². The molecule has 3 aliphatic rings. The van der Waals surface area contributed by atoms with Gasteiger partial charge in [0.1, 0.15) is 0 Å². The zero-order valence-corrected chi connectivity index (χ0v) is 12.4. The molecule has 3 heterocycles. The van der Waals surface area contributed by atoms with Crippen LogP contribution < -0.4 is 0 Å². The Morgan fingerprint density at radius 1 is 0.889 bits per heavy atom. The molecule has 18 heavy (non-hydrogen) atoms. The molecule has 0 unspecified atom stereocenters. The van der Waals surface area contributed by atoms with E-state index < -0.39 is 5.97 Å². The zero-order chi connectivity index (χ0) is 13.3. The van der Waals surface area contributed by atoms with Crippen LogP contribution in [0.25, 0.3) is 0 Å². The molecular formula is C15H28O3. The molecule has 0 aromatic carbocycles. The number of ether oxygens (including phenoxy) is 3. The van der Waals surface area contributed by atoms with Crippen LogP contribution in [0.2, 0.25) is 0 Å². The van der Waals surface area contributed by atoms with Crippen molar-refractivity contribution in [2.75, 3.05) is 19.8 Å². The van der Waals surface area contributed by atoms with E-state index >= 15 is 0 Å². The minimum Gasteiger partial charge on any atom is -0.327 e. The van der Waals surface area contributed by atoms with Crippen LogP contribution in [0, 0.1) is 10.8 Å². The van der Waals surface area contributed by atoms with E-state index in [9.17, 15) is 0 Å². The highest BCUT2D eigenvalue weighted by molar-refractivity contribution is 4.96. The molecule has 3 fully saturated rings. The summed E-state index contributed by atoms with van der Waals surface area (Å²) in [7, 11) is 0. The molecule has 0 radical (unpaired) electrons. The number of hydrogen-bond acceptors (Lipinski definition) is 3. The molecule has 3 heteroatoms. The zero-order valence-electron chi connectivity index (χ0n) is 12.4. The van der Waals surface area contributed by atoms with Crippen molar-refractivity contribution in [3.8, 4) is 0 Å². The van der Waals surface area contributed by atoms with Crippen molar-refractivity contribution in [2.24, 2.45) is 10.8 Å². The summed E-state index contributed by atoms with van der Waals surface area (Å²) in [6.07, 6.45) is 5.76. The Kier molecular flexibility index (Phi) is 4.05. The van der Waals surface area contributed by atoms with Gasteiger partial charge in [-0.25, -0.2) is 0 Å². The fourth-order valence-electron chi connectivity index (χ4n) is 2.63. The lowest BCUT2D eigenvalue weighted by Gasteiger charge is -2.57. The third-order valence-corrected chi connectivity index (χ3v) is 4.63. The first-order chi connectivity index (χ1) is 8.43. The second kappa shape index (κ2) is 5.10. The van der Waals surface area contributed by atoms with E-state index in [-0.39, 0.29) is 10.8 Å². The van der Waals surface area contributed by atoms with Crippen molar-refractivity contribution in [3.05, 3.63) is 0 Å². The van der Waals surface area contributed by atoms with E-state index in [1.54, 1.807) is 0 Å². The predicted molar refractivity (Wildman–Crippen MR) is 71.2 cm³/mol. The van der Waals surface area contributed by atoms with Gasteiger partial charge in [0.2, 0.25) is 0 Å². The minimum absolute atomic E-state index is 0.0260. The fraction of sp³-hybridized carbons (Fsp3) is 1.00. The fourth-order valence-corrected chi connectivity index (χ4v) is 2.63. The molecular weight excluding hydrogens is 228 g/mol. The van der Waals surface area contributed by atoms with Gasteiger partial charge in [-0.3, -0.25) is 0 Å². The Morgan fingerprint density at radius 3 is 1.89 bits per heavy atom. The summed E-state index contributed by atoms with van der Waals surface area (Å²) in [4.78, 5) is 0. The van der Waals surface area contributed by atoms with Crippen LogP contribution in [0.15, 0.2) is 0 Å². The van der Waals surface area contributed by atoms with Gasteiger partial charge in [-0.1, -0.05) is 47.0 Å². The van der Waals surface area contributed by atoms with E-state index in [0.29, 0.717) is 0 Å². The average molecular weight is 256 g/mol. The summed E-state index contributed by atoms with van der Waals surface area (Å²) < 4.78 is 17.8. The number of rotatable bonds is 5. The second-order valence-electron chi connectivity index (χ2n) is 6.89. The lowest BCUT2D eigenvalue weighted by molar-refractivity contribution is -0.480. The van der Waals surface area contributed by atoms with Gasteiger partial charge < -0.3 is 14.2 Å². The summed E-state index contributed by atoms with van der Waals surface area (Å²) in [5.74, 6) is -0.721. The van der Waals surface area contributed by atoms with E-state index in [4.69, 9.17) is 14.2 Å². The van der Waals surface area contributed by atoms with Crippen molar-refractivity contribution >= 4 is 0 Å². The molecule has 3 nitrogen and oxygen atoms in total. The first-order valence-corrected chi connectivity index (χ1v) is 7.35. The van der Waals surface area contributed by atoms with Gasteiger partial charge in [-0.15, -0.1) is 0 Å². The van der Waals surface area contributed by atoms with Crippen molar-refractivity contribution < 1.29 is 14.2 Å². The van der Waals surface area contributed by atoms with Gasteiger partial charge in [0.15, 0.2) is 0 Å². The highest BCUT2D eigenvalue weighted by Crippen LogP contribution is 2.49. The van der Waals surface area contributed by atoms with Crippen molar-refractivity contribution in [1.29, 1.82) is 0 Å². The smallest absolute Gasteiger partial charge is 0.282 e. The topological polar surface area (TPSA) is 27.7 Å². The van der Waals surface area contributed by atoms with Gasteiger partial charge >= 0.3 is 0 Å². The number of hydrogen-bond donors (Lipinski definition) is 0. The summed E-state index contributed by atoms with van der Waals surface area (Å²) in [5, 5.41) is 0. The summed E-state index contributed by atoms with van der Waals surface area (Å²) in [6, 6.07) is 0. The molecule has 2 bridgehead atoms. The highest BCUT2D eigenvalue weighted by Gasteiger charge is 2.56. The summed E-state index contributed by atoms with van der Waals surface area (Å²) in [5.41, 5.74) is 0.181. The first-order valence-electron chi connectivity index (χ1n) is 7.35. The van der Waals surface area contributed by atoms with E-state index in [1.165, 1.54) is 19.3 Å². The third-order valence-electron chi connectivity index (χ3n) is 4.63. The highest BCUT2D eigenvalue weighted by atomic mass is 16.9. The molecule has 0 N–H and O–H groups in total. The molecule has 3 saturated heterocycles. The van der Waals surface area contributed by atoms with Gasteiger partial charge in [0.05, 0.1) is 19.8 Å². The average Bonchev–Trinajstić information content (AvgIpc) is 2.36. The maximum absolute atomic E-state index is 5.93. The Bertz CT molecular complexity index is 255. The Labute approximate surface area is 111 Å². The number of fused-ring (bicyclic) bond motifs is 3. The largest absolute Gasteiger partial charge is 0.327 e. The van der Waals surface area contributed by atoms with E-state index in [2.05, 4.69) is 27.7 Å². The van der Waals surface area contributed by atoms with Crippen molar-refractivity contribution in [1.82, 2.24) is 0 Å². The van der Waals surface area contributed by atoms with Gasteiger partial charge in [0, 0.05) is 11.8 Å². The number of unbranched alkanes of at least 4 members (excludes halogenated alkanes) is 3. The van der Waals surface area contributed by atoms with E-state index in [1.807, 2.05) is 0 Å². The minimum atomic E-state index is -0.721. The maximum Gasteiger partial charge on any atom is 0.282 e. The molecule has 0 spiro atoms.